The summed E-state index contributed by atoms with van der Waals surface area (Å²) >= 11 is 12.4. The molecule has 2 rings (SSSR count). The third-order valence-electron chi connectivity index (χ3n) is 3.01. The van der Waals surface area contributed by atoms with Crippen molar-refractivity contribution in [1.29, 1.82) is 0 Å². The molecule has 4 unspecified atom stereocenters. The summed E-state index contributed by atoms with van der Waals surface area (Å²) in [4.78, 5) is 3.91. The second-order valence-electron chi connectivity index (χ2n) is 4.14. The molecule has 0 aromatic rings. The van der Waals surface area contributed by atoms with Gasteiger partial charge in [0.05, 0.1) is 12.1 Å². The molecule has 6 heteroatoms. The zero-order chi connectivity index (χ0) is 10.5. The molecule has 2 N–H and O–H groups in total. The lowest BCUT2D eigenvalue weighted by Gasteiger charge is -2.45. The Hall–Kier alpha value is 0.420. The van der Waals surface area contributed by atoms with Gasteiger partial charge in [-0.25, -0.2) is 0 Å². The standard InChI is InChI=1S/C8H15Cl2N3O/c1-12-3-5(8(11)4-14-8)6(9)13(2)7(12)10/h5-7H,3-4,11H2,1-2H3. The Balaban J connectivity index is 2.12. The summed E-state index contributed by atoms with van der Waals surface area (Å²) in [7, 11) is 3.85. The first-order valence-electron chi connectivity index (χ1n) is 4.59. The normalized spacial score (nSPS) is 50.8. The lowest BCUT2D eigenvalue weighted by molar-refractivity contribution is 0.00775. The summed E-state index contributed by atoms with van der Waals surface area (Å²) < 4.78 is 5.23. The minimum atomic E-state index is -0.536. The van der Waals surface area contributed by atoms with Gasteiger partial charge in [-0.15, -0.1) is 11.6 Å². The van der Waals surface area contributed by atoms with Gasteiger partial charge < -0.3 is 10.5 Å². The number of alkyl halides is 2. The van der Waals surface area contributed by atoms with E-state index in [9.17, 15) is 0 Å². The topological polar surface area (TPSA) is 45.0 Å². The minimum absolute atomic E-state index is 0.106. The van der Waals surface area contributed by atoms with Crippen molar-refractivity contribution < 1.29 is 4.74 Å². The maximum Gasteiger partial charge on any atom is 0.147 e. The Bertz CT molecular complexity index is 237. The van der Waals surface area contributed by atoms with E-state index in [2.05, 4.69) is 0 Å². The van der Waals surface area contributed by atoms with Gasteiger partial charge in [-0.1, -0.05) is 11.6 Å². The largest absolute Gasteiger partial charge is 0.353 e. The molecule has 0 aromatic carbocycles. The maximum atomic E-state index is 6.27. The van der Waals surface area contributed by atoms with Crippen LogP contribution in [0.25, 0.3) is 0 Å². The van der Waals surface area contributed by atoms with E-state index in [1.165, 1.54) is 0 Å². The number of halogens is 2. The summed E-state index contributed by atoms with van der Waals surface area (Å²) in [5.41, 5.74) is 5.11. The van der Waals surface area contributed by atoms with Crippen LogP contribution in [0.15, 0.2) is 0 Å². The zero-order valence-corrected chi connectivity index (χ0v) is 9.79. The summed E-state index contributed by atoms with van der Waals surface area (Å²) in [5.74, 6) is 0.106. The number of nitrogens with zero attached hydrogens (tertiary/aromatic N) is 2. The first-order valence-corrected chi connectivity index (χ1v) is 5.46. The van der Waals surface area contributed by atoms with Gasteiger partial charge in [0.2, 0.25) is 0 Å². The number of hydrogen-bond acceptors (Lipinski definition) is 4. The fourth-order valence-electron chi connectivity index (χ4n) is 1.88. The Morgan fingerprint density at radius 2 is 2.00 bits per heavy atom. The molecule has 0 spiro atoms. The first-order chi connectivity index (χ1) is 6.46. The van der Waals surface area contributed by atoms with E-state index in [4.69, 9.17) is 33.7 Å². The minimum Gasteiger partial charge on any atom is -0.353 e. The van der Waals surface area contributed by atoms with Crippen LogP contribution in [0.5, 0.6) is 0 Å². The van der Waals surface area contributed by atoms with Crippen molar-refractivity contribution in [2.75, 3.05) is 27.2 Å². The van der Waals surface area contributed by atoms with Crippen LogP contribution in [-0.2, 0) is 4.74 Å². The molecule has 2 aliphatic rings. The molecule has 0 aliphatic carbocycles. The van der Waals surface area contributed by atoms with Gasteiger partial charge in [0.25, 0.3) is 0 Å². The summed E-state index contributed by atoms with van der Waals surface area (Å²) in [6.45, 7) is 1.36. The zero-order valence-electron chi connectivity index (χ0n) is 8.28. The Morgan fingerprint density at radius 3 is 2.50 bits per heavy atom. The predicted octanol–water partition coefficient (Wildman–Crippen LogP) is 0.252. The maximum absolute atomic E-state index is 6.27. The molecule has 82 valence electrons. The van der Waals surface area contributed by atoms with Gasteiger partial charge >= 0.3 is 0 Å². The van der Waals surface area contributed by atoms with Gasteiger partial charge in [0.15, 0.2) is 0 Å². The summed E-state index contributed by atoms with van der Waals surface area (Å²) in [5, 5.41) is 0. The van der Waals surface area contributed by atoms with Crippen molar-refractivity contribution in [1.82, 2.24) is 9.80 Å². The van der Waals surface area contributed by atoms with Crippen molar-refractivity contribution >= 4 is 23.2 Å². The van der Waals surface area contributed by atoms with Gasteiger partial charge in [0.1, 0.15) is 11.3 Å². The third kappa shape index (κ3) is 1.64. The van der Waals surface area contributed by atoms with Crippen molar-refractivity contribution in [3.8, 4) is 0 Å². The number of ether oxygens (including phenoxy) is 1. The molecule has 2 heterocycles. The van der Waals surface area contributed by atoms with Crippen LogP contribution in [-0.4, -0.2) is 53.9 Å². The molecule has 0 radical (unpaired) electrons. The fraction of sp³-hybridized carbons (Fsp3) is 1.00. The highest BCUT2D eigenvalue weighted by molar-refractivity contribution is 6.23. The second kappa shape index (κ2) is 3.47. The molecule has 2 aliphatic heterocycles. The van der Waals surface area contributed by atoms with Crippen molar-refractivity contribution in [2.24, 2.45) is 11.7 Å². The van der Waals surface area contributed by atoms with Gasteiger partial charge in [0, 0.05) is 12.5 Å². The van der Waals surface area contributed by atoms with Crippen LogP contribution in [0.4, 0.5) is 0 Å². The number of epoxide rings is 1. The summed E-state index contributed by atoms with van der Waals surface area (Å²) in [6.07, 6.45) is 0. The van der Waals surface area contributed by atoms with E-state index in [-0.39, 0.29) is 17.0 Å². The highest BCUT2D eigenvalue weighted by Crippen LogP contribution is 2.39. The molecule has 4 atom stereocenters. The first kappa shape index (κ1) is 10.9. The van der Waals surface area contributed by atoms with E-state index < -0.39 is 5.72 Å². The Labute approximate surface area is 93.9 Å². The highest BCUT2D eigenvalue weighted by atomic mass is 35.5. The van der Waals surface area contributed by atoms with Crippen molar-refractivity contribution in [3.05, 3.63) is 0 Å². The Kier molecular flexibility index (Phi) is 2.71. The lowest BCUT2D eigenvalue weighted by Crippen LogP contribution is -2.60. The Morgan fingerprint density at radius 1 is 1.43 bits per heavy atom. The van der Waals surface area contributed by atoms with Crippen molar-refractivity contribution in [2.45, 2.75) is 16.9 Å². The molecule has 0 aromatic heterocycles. The van der Waals surface area contributed by atoms with Crippen molar-refractivity contribution in [3.63, 3.8) is 0 Å². The average molecular weight is 240 g/mol. The molecule has 4 nitrogen and oxygen atoms in total. The third-order valence-corrected chi connectivity index (χ3v) is 4.26. The molecule has 2 saturated heterocycles. The molecule has 0 saturated carbocycles. The van der Waals surface area contributed by atoms with Crippen LogP contribution >= 0.6 is 23.2 Å². The van der Waals surface area contributed by atoms with E-state index >= 15 is 0 Å². The number of rotatable bonds is 1. The predicted molar refractivity (Wildman–Crippen MR) is 56.0 cm³/mol. The molecule has 0 bridgehead atoms. The molecular formula is C8H15Cl2N3O. The molecule has 14 heavy (non-hydrogen) atoms. The van der Waals surface area contributed by atoms with Crippen LogP contribution in [0.3, 0.4) is 0 Å². The number of hydrogen-bond donors (Lipinski definition) is 1. The smallest absolute Gasteiger partial charge is 0.147 e. The van der Waals surface area contributed by atoms with Crippen LogP contribution in [0.2, 0.25) is 0 Å². The number of nitrogens with two attached hydrogens (primary N) is 1. The summed E-state index contributed by atoms with van der Waals surface area (Å²) in [6, 6.07) is 0. The highest BCUT2D eigenvalue weighted by Gasteiger charge is 2.54. The van der Waals surface area contributed by atoms with Crippen LogP contribution in [0.1, 0.15) is 0 Å². The van der Waals surface area contributed by atoms with E-state index in [1.807, 2.05) is 23.9 Å². The van der Waals surface area contributed by atoms with E-state index in [0.717, 1.165) is 6.54 Å². The van der Waals surface area contributed by atoms with Gasteiger partial charge in [-0.05, 0) is 14.1 Å². The fourth-order valence-corrected chi connectivity index (χ4v) is 2.54. The molecular weight excluding hydrogens is 225 g/mol. The quantitative estimate of drug-likeness (QED) is 0.405. The SMILES string of the molecule is CN1CC(C2(N)CO2)C(Cl)N(C)C1Cl. The van der Waals surface area contributed by atoms with E-state index in [0.29, 0.717) is 6.61 Å². The van der Waals surface area contributed by atoms with Gasteiger partial charge in [-0.3, -0.25) is 9.80 Å². The monoisotopic (exact) mass is 239 g/mol. The second-order valence-corrected chi connectivity index (χ2v) is 4.98. The van der Waals surface area contributed by atoms with Crippen LogP contribution < -0.4 is 5.73 Å². The molecule has 2 fully saturated rings. The average Bonchev–Trinajstić information content (AvgIpc) is 2.87. The lowest BCUT2D eigenvalue weighted by atomic mass is 9.98. The van der Waals surface area contributed by atoms with Gasteiger partial charge in [-0.2, -0.15) is 0 Å². The van der Waals surface area contributed by atoms with Crippen LogP contribution in [0, 0.1) is 5.92 Å². The van der Waals surface area contributed by atoms with E-state index in [1.54, 1.807) is 0 Å². The molecule has 0 amide bonds.